The summed E-state index contributed by atoms with van der Waals surface area (Å²) < 4.78 is 5.85. The van der Waals surface area contributed by atoms with Gasteiger partial charge in [-0.2, -0.15) is 0 Å². The summed E-state index contributed by atoms with van der Waals surface area (Å²) >= 11 is 0. The highest BCUT2D eigenvalue weighted by Crippen LogP contribution is 2.41. The third kappa shape index (κ3) is 3.46. The van der Waals surface area contributed by atoms with Gasteiger partial charge in [-0.15, -0.1) is 6.58 Å². The Bertz CT molecular complexity index is 548. The van der Waals surface area contributed by atoms with E-state index in [2.05, 4.69) is 21.8 Å². The first kappa shape index (κ1) is 16.1. The molecule has 0 aromatic carbocycles. The summed E-state index contributed by atoms with van der Waals surface area (Å²) in [4.78, 5) is 19.5. The van der Waals surface area contributed by atoms with Crippen molar-refractivity contribution in [1.82, 2.24) is 15.2 Å². The number of aromatic nitrogens is 1. The maximum absolute atomic E-state index is 12.9. The predicted molar refractivity (Wildman–Crippen MR) is 89.0 cm³/mol. The van der Waals surface area contributed by atoms with Crippen LogP contribution in [-0.2, 0) is 16.0 Å². The molecule has 2 fully saturated rings. The summed E-state index contributed by atoms with van der Waals surface area (Å²) in [5, 5.41) is 3.11. The van der Waals surface area contributed by atoms with Crippen molar-refractivity contribution in [2.75, 3.05) is 32.8 Å². The number of amides is 1. The lowest BCUT2D eigenvalue weighted by Crippen LogP contribution is -2.57. The zero-order valence-electron chi connectivity index (χ0n) is 13.5. The molecule has 0 saturated carbocycles. The highest BCUT2D eigenvalue weighted by Gasteiger charge is 2.52. The van der Waals surface area contributed by atoms with Crippen LogP contribution in [0.3, 0.4) is 0 Å². The van der Waals surface area contributed by atoms with Crippen LogP contribution in [0.5, 0.6) is 0 Å². The van der Waals surface area contributed by atoms with Gasteiger partial charge < -0.3 is 10.1 Å². The van der Waals surface area contributed by atoms with E-state index in [9.17, 15) is 4.79 Å². The van der Waals surface area contributed by atoms with Crippen LogP contribution in [0.25, 0.3) is 0 Å². The Labute approximate surface area is 137 Å². The van der Waals surface area contributed by atoms with Gasteiger partial charge in [0.15, 0.2) is 0 Å². The van der Waals surface area contributed by atoms with Gasteiger partial charge in [-0.3, -0.25) is 14.7 Å². The normalized spacial score (nSPS) is 27.4. The molecular weight excluding hydrogens is 290 g/mol. The summed E-state index contributed by atoms with van der Waals surface area (Å²) in [7, 11) is 0. The number of carbonyl (C=O) groups excluding carboxylic acids is 1. The number of rotatable bonds is 6. The van der Waals surface area contributed by atoms with Crippen LogP contribution in [0.15, 0.2) is 37.1 Å². The molecule has 0 spiro atoms. The van der Waals surface area contributed by atoms with Gasteiger partial charge in [-0.05, 0) is 25.0 Å². The van der Waals surface area contributed by atoms with Crippen LogP contribution in [0.1, 0.15) is 18.5 Å². The maximum Gasteiger partial charge on any atom is 0.230 e. The van der Waals surface area contributed by atoms with E-state index in [1.54, 1.807) is 6.20 Å². The number of likely N-dealkylation sites (tertiary alicyclic amines) is 1. The molecule has 1 amide bonds. The molecule has 3 rings (SSSR count). The Kier molecular flexibility index (Phi) is 5.08. The molecule has 3 heterocycles. The highest BCUT2D eigenvalue weighted by molar-refractivity contribution is 5.84. The summed E-state index contributed by atoms with van der Waals surface area (Å²) in [6.07, 6.45) is 6.22. The minimum atomic E-state index is -0.397. The predicted octanol–water partition coefficient (Wildman–Crippen LogP) is 1.41. The van der Waals surface area contributed by atoms with E-state index in [1.165, 1.54) is 0 Å². The molecule has 2 atom stereocenters. The van der Waals surface area contributed by atoms with E-state index in [0.717, 1.165) is 44.6 Å². The second-order valence-electron chi connectivity index (χ2n) is 6.41. The van der Waals surface area contributed by atoms with Gasteiger partial charge in [0.05, 0.1) is 11.5 Å². The topological polar surface area (TPSA) is 54.5 Å². The molecule has 23 heavy (non-hydrogen) atoms. The van der Waals surface area contributed by atoms with E-state index in [-0.39, 0.29) is 12.0 Å². The van der Waals surface area contributed by atoms with Crippen molar-refractivity contribution in [3.05, 3.63) is 42.7 Å². The van der Waals surface area contributed by atoms with Crippen molar-refractivity contribution in [1.29, 1.82) is 0 Å². The van der Waals surface area contributed by atoms with Crippen molar-refractivity contribution in [2.24, 2.45) is 5.41 Å². The van der Waals surface area contributed by atoms with Crippen LogP contribution in [-0.4, -0.2) is 54.7 Å². The fraction of sp³-hybridized carbons (Fsp3) is 0.556. The van der Waals surface area contributed by atoms with E-state index in [1.807, 2.05) is 24.3 Å². The second-order valence-corrected chi connectivity index (χ2v) is 6.41. The first-order valence-electron chi connectivity index (χ1n) is 8.38. The number of hydrogen-bond acceptors (Lipinski definition) is 4. The zero-order chi connectivity index (χ0) is 16.1. The molecule has 2 saturated heterocycles. The standard InChI is InChI=1S/C18H25N3O2/c1-2-11-21-12-7-16-18(14-21,8-13-23-16)17(22)20-10-6-15-5-3-4-9-19-15/h2-5,9,16H,1,6-8,10-14H2,(H,20,22)/t16-,18-/m1/s1. The van der Waals surface area contributed by atoms with Gasteiger partial charge in [0.25, 0.3) is 0 Å². The largest absolute Gasteiger partial charge is 0.377 e. The fourth-order valence-corrected chi connectivity index (χ4v) is 3.72. The molecule has 5 nitrogen and oxygen atoms in total. The summed E-state index contributed by atoms with van der Waals surface area (Å²) in [5.74, 6) is 0.129. The van der Waals surface area contributed by atoms with Crippen molar-refractivity contribution in [3.63, 3.8) is 0 Å². The lowest BCUT2D eigenvalue weighted by Gasteiger charge is -2.42. The Balaban J connectivity index is 1.60. The van der Waals surface area contributed by atoms with E-state index in [4.69, 9.17) is 4.74 Å². The van der Waals surface area contributed by atoms with Gasteiger partial charge in [0.2, 0.25) is 5.91 Å². The van der Waals surface area contributed by atoms with E-state index >= 15 is 0 Å². The Hall–Kier alpha value is -1.72. The van der Waals surface area contributed by atoms with Gasteiger partial charge in [0, 0.05) is 51.1 Å². The third-order valence-corrected chi connectivity index (χ3v) is 4.93. The lowest BCUT2D eigenvalue weighted by molar-refractivity contribution is -0.139. The maximum atomic E-state index is 12.9. The van der Waals surface area contributed by atoms with Crippen molar-refractivity contribution in [3.8, 4) is 0 Å². The molecule has 0 unspecified atom stereocenters. The molecule has 5 heteroatoms. The lowest BCUT2D eigenvalue weighted by atomic mass is 9.75. The molecule has 124 valence electrons. The van der Waals surface area contributed by atoms with E-state index < -0.39 is 5.41 Å². The Morgan fingerprint density at radius 2 is 2.48 bits per heavy atom. The number of fused-ring (bicyclic) bond motifs is 1. The first-order chi connectivity index (χ1) is 11.2. The minimum absolute atomic E-state index is 0.0541. The van der Waals surface area contributed by atoms with Gasteiger partial charge >= 0.3 is 0 Å². The molecule has 1 N–H and O–H groups in total. The molecule has 0 radical (unpaired) electrons. The van der Waals surface area contributed by atoms with Crippen LogP contribution < -0.4 is 5.32 Å². The quantitative estimate of drug-likeness (QED) is 0.807. The van der Waals surface area contributed by atoms with Crippen LogP contribution >= 0.6 is 0 Å². The smallest absolute Gasteiger partial charge is 0.230 e. The van der Waals surface area contributed by atoms with Gasteiger partial charge in [-0.1, -0.05) is 12.1 Å². The Morgan fingerprint density at radius 1 is 1.57 bits per heavy atom. The first-order valence-corrected chi connectivity index (χ1v) is 8.38. The average Bonchev–Trinajstić information content (AvgIpc) is 3.00. The van der Waals surface area contributed by atoms with Crippen molar-refractivity contribution < 1.29 is 9.53 Å². The molecule has 0 aliphatic carbocycles. The molecule has 0 bridgehead atoms. The minimum Gasteiger partial charge on any atom is -0.377 e. The second kappa shape index (κ2) is 7.23. The number of pyridine rings is 1. The monoisotopic (exact) mass is 315 g/mol. The van der Waals surface area contributed by atoms with Crippen LogP contribution in [0.4, 0.5) is 0 Å². The highest BCUT2D eigenvalue weighted by atomic mass is 16.5. The summed E-state index contributed by atoms with van der Waals surface area (Å²) in [6.45, 7) is 7.67. The third-order valence-electron chi connectivity index (χ3n) is 4.93. The number of carbonyl (C=O) groups is 1. The zero-order valence-corrected chi connectivity index (χ0v) is 13.5. The van der Waals surface area contributed by atoms with E-state index in [0.29, 0.717) is 13.2 Å². The Morgan fingerprint density at radius 3 is 3.26 bits per heavy atom. The number of ether oxygens (including phenoxy) is 1. The van der Waals surface area contributed by atoms with Gasteiger partial charge in [0.1, 0.15) is 0 Å². The molecule has 2 aliphatic rings. The number of nitrogens with one attached hydrogen (secondary N) is 1. The molecule has 2 aliphatic heterocycles. The van der Waals surface area contributed by atoms with Gasteiger partial charge in [-0.25, -0.2) is 0 Å². The molecule has 1 aromatic rings. The molecular formula is C18H25N3O2. The van der Waals surface area contributed by atoms with Crippen LogP contribution in [0.2, 0.25) is 0 Å². The molecule has 1 aromatic heterocycles. The number of piperidine rings is 1. The number of hydrogen-bond donors (Lipinski definition) is 1. The van der Waals surface area contributed by atoms with Crippen molar-refractivity contribution in [2.45, 2.75) is 25.4 Å². The van der Waals surface area contributed by atoms with Crippen LogP contribution in [0, 0.1) is 5.41 Å². The summed E-state index contributed by atoms with van der Waals surface area (Å²) in [5.41, 5.74) is 0.604. The fourth-order valence-electron chi connectivity index (χ4n) is 3.72. The average molecular weight is 315 g/mol. The van der Waals surface area contributed by atoms with Crippen molar-refractivity contribution >= 4 is 5.91 Å². The SMILES string of the molecule is C=CCN1CC[C@H]2OCC[C@@]2(C(=O)NCCc2ccccn2)C1. The number of nitrogens with zero attached hydrogens (tertiary/aromatic N) is 2. The summed E-state index contributed by atoms with van der Waals surface area (Å²) in [6, 6.07) is 5.86.